The molecule has 3 aromatic rings. The molecule has 0 aliphatic heterocycles. The van der Waals surface area contributed by atoms with Crippen molar-refractivity contribution >= 4 is 46.8 Å². The summed E-state index contributed by atoms with van der Waals surface area (Å²) < 4.78 is 0. The first-order chi connectivity index (χ1) is 17.5. The molecule has 0 fully saturated rings. The topological polar surface area (TPSA) is 49.4 Å². The highest BCUT2D eigenvalue weighted by molar-refractivity contribution is 7.99. The standard InChI is InChI=1S/C30H34Cl2N2O2S/c1-21-10-12-23(13-11-21)19-37-20-28(35)34(18-24-14-15-25(31)17-26(24)32)27(29(36)33-30(2,3)4)16-22-8-6-5-7-9-22/h5-15,17,27H,16,18-20H2,1-4H3,(H,33,36)/t27-/m1/s1. The summed E-state index contributed by atoms with van der Waals surface area (Å²) in [5, 5.41) is 4.06. The molecule has 7 heteroatoms. The van der Waals surface area contributed by atoms with E-state index in [9.17, 15) is 9.59 Å². The molecule has 196 valence electrons. The highest BCUT2D eigenvalue weighted by Gasteiger charge is 2.32. The summed E-state index contributed by atoms with van der Waals surface area (Å²) >= 11 is 14.1. The summed E-state index contributed by atoms with van der Waals surface area (Å²) in [7, 11) is 0. The van der Waals surface area contributed by atoms with Crippen LogP contribution in [0.5, 0.6) is 0 Å². The van der Waals surface area contributed by atoms with E-state index in [0.29, 0.717) is 22.2 Å². The highest BCUT2D eigenvalue weighted by atomic mass is 35.5. The predicted octanol–water partition coefficient (Wildman–Crippen LogP) is 7.09. The Bertz CT molecular complexity index is 1190. The quantitative estimate of drug-likeness (QED) is 0.290. The zero-order valence-corrected chi connectivity index (χ0v) is 24.1. The van der Waals surface area contributed by atoms with E-state index in [0.717, 1.165) is 16.7 Å². The smallest absolute Gasteiger partial charge is 0.243 e. The Hall–Kier alpha value is -2.47. The second-order valence-electron chi connectivity index (χ2n) is 10.2. The van der Waals surface area contributed by atoms with Crippen LogP contribution in [-0.2, 0) is 28.3 Å². The first-order valence-corrected chi connectivity index (χ1v) is 14.2. The molecule has 3 rings (SSSR count). The predicted molar refractivity (Wildman–Crippen MR) is 156 cm³/mol. The summed E-state index contributed by atoms with van der Waals surface area (Å²) in [5.74, 6) is 0.637. The van der Waals surface area contributed by atoms with Gasteiger partial charge in [0, 0.05) is 34.3 Å². The van der Waals surface area contributed by atoms with Gasteiger partial charge in [0.2, 0.25) is 11.8 Å². The first kappa shape index (κ1) is 29.1. The van der Waals surface area contributed by atoms with E-state index in [-0.39, 0.29) is 24.1 Å². The fourth-order valence-electron chi connectivity index (χ4n) is 3.86. The number of amides is 2. The van der Waals surface area contributed by atoms with Crippen molar-refractivity contribution < 1.29 is 9.59 Å². The molecule has 2 amide bonds. The second kappa shape index (κ2) is 13.4. The van der Waals surface area contributed by atoms with Crippen LogP contribution in [0.2, 0.25) is 10.0 Å². The number of hydrogen-bond donors (Lipinski definition) is 1. The van der Waals surface area contributed by atoms with Gasteiger partial charge in [-0.15, -0.1) is 11.8 Å². The van der Waals surface area contributed by atoms with Crippen LogP contribution in [0, 0.1) is 6.92 Å². The van der Waals surface area contributed by atoms with Crippen LogP contribution in [-0.4, -0.2) is 34.0 Å². The van der Waals surface area contributed by atoms with Crippen molar-refractivity contribution in [2.75, 3.05) is 5.75 Å². The minimum absolute atomic E-state index is 0.117. The fraction of sp³-hybridized carbons (Fsp3) is 0.333. The molecule has 0 aromatic heterocycles. The van der Waals surface area contributed by atoms with Gasteiger partial charge >= 0.3 is 0 Å². The third-order valence-corrected chi connectivity index (χ3v) is 7.32. The zero-order valence-electron chi connectivity index (χ0n) is 21.8. The van der Waals surface area contributed by atoms with Crippen LogP contribution in [0.25, 0.3) is 0 Å². The maximum absolute atomic E-state index is 13.7. The van der Waals surface area contributed by atoms with Crippen LogP contribution in [0.3, 0.4) is 0 Å². The van der Waals surface area contributed by atoms with Crippen molar-refractivity contribution in [2.24, 2.45) is 0 Å². The van der Waals surface area contributed by atoms with Crippen molar-refractivity contribution in [1.82, 2.24) is 10.2 Å². The average molecular weight is 558 g/mol. The number of carbonyl (C=O) groups excluding carboxylic acids is 2. The molecule has 37 heavy (non-hydrogen) atoms. The number of thioether (sulfide) groups is 1. The summed E-state index contributed by atoms with van der Waals surface area (Å²) in [6.07, 6.45) is 0.391. The van der Waals surface area contributed by atoms with Crippen molar-refractivity contribution in [3.8, 4) is 0 Å². The number of nitrogens with zero attached hydrogens (tertiary/aromatic N) is 1. The van der Waals surface area contributed by atoms with E-state index in [1.807, 2.05) is 57.2 Å². The molecule has 0 aliphatic rings. The molecule has 0 aliphatic carbocycles. The van der Waals surface area contributed by atoms with E-state index in [2.05, 4.69) is 36.5 Å². The number of benzene rings is 3. The maximum atomic E-state index is 13.7. The Morgan fingerprint density at radius 1 is 0.946 bits per heavy atom. The summed E-state index contributed by atoms with van der Waals surface area (Å²) in [6, 6.07) is 22.6. The van der Waals surface area contributed by atoms with Gasteiger partial charge in [-0.25, -0.2) is 0 Å². The molecule has 0 radical (unpaired) electrons. The Balaban J connectivity index is 1.89. The number of rotatable bonds is 10. The van der Waals surface area contributed by atoms with E-state index >= 15 is 0 Å². The number of carbonyl (C=O) groups is 2. The van der Waals surface area contributed by atoms with E-state index < -0.39 is 11.6 Å². The van der Waals surface area contributed by atoms with Crippen molar-refractivity contribution in [2.45, 2.75) is 58.0 Å². The van der Waals surface area contributed by atoms with Crippen molar-refractivity contribution in [3.63, 3.8) is 0 Å². The van der Waals surface area contributed by atoms with Gasteiger partial charge in [0.15, 0.2) is 0 Å². The van der Waals surface area contributed by atoms with Crippen molar-refractivity contribution in [3.05, 3.63) is 105 Å². The van der Waals surface area contributed by atoms with Crippen LogP contribution >= 0.6 is 35.0 Å². The van der Waals surface area contributed by atoms with Gasteiger partial charge in [0.25, 0.3) is 0 Å². The van der Waals surface area contributed by atoms with Gasteiger partial charge in [-0.3, -0.25) is 9.59 Å². The van der Waals surface area contributed by atoms with E-state index in [4.69, 9.17) is 23.2 Å². The Morgan fingerprint density at radius 3 is 2.24 bits per heavy atom. The average Bonchev–Trinajstić information content (AvgIpc) is 2.83. The van der Waals surface area contributed by atoms with Gasteiger partial charge in [-0.05, 0) is 56.5 Å². The lowest BCUT2D eigenvalue weighted by molar-refractivity contribution is -0.140. The van der Waals surface area contributed by atoms with Crippen LogP contribution in [0.15, 0.2) is 72.8 Å². The highest BCUT2D eigenvalue weighted by Crippen LogP contribution is 2.25. The third-order valence-electron chi connectivity index (χ3n) is 5.74. The SMILES string of the molecule is Cc1ccc(CSCC(=O)N(Cc2ccc(Cl)cc2Cl)[C@H](Cc2ccccc2)C(=O)NC(C)(C)C)cc1. The summed E-state index contributed by atoms with van der Waals surface area (Å²) in [5.41, 5.74) is 3.62. The van der Waals surface area contributed by atoms with Crippen LogP contribution in [0.4, 0.5) is 0 Å². The van der Waals surface area contributed by atoms with E-state index in [1.165, 1.54) is 17.3 Å². The van der Waals surface area contributed by atoms with Gasteiger partial charge < -0.3 is 10.2 Å². The minimum Gasteiger partial charge on any atom is -0.350 e. The lowest BCUT2D eigenvalue weighted by Gasteiger charge is -2.34. The molecular formula is C30H34Cl2N2O2S. The molecule has 0 saturated carbocycles. The summed E-state index contributed by atoms with van der Waals surface area (Å²) in [6.45, 7) is 8.06. The molecule has 0 unspecified atom stereocenters. The minimum atomic E-state index is -0.708. The van der Waals surface area contributed by atoms with Crippen LogP contribution < -0.4 is 5.32 Å². The number of halogens is 2. The third kappa shape index (κ3) is 9.41. The fourth-order valence-corrected chi connectivity index (χ4v) is 5.20. The lowest BCUT2D eigenvalue weighted by atomic mass is 10.0. The molecular weight excluding hydrogens is 523 g/mol. The second-order valence-corrected chi connectivity index (χ2v) is 12.0. The first-order valence-electron chi connectivity index (χ1n) is 12.2. The monoisotopic (exact) mass is 556 g/mol. The molecule has 1 N–H and O–H groups in total. The van der Waals surface area contributed by atoms with Crippen LogP contribution in [0.1, 0.15) is 43.0 Å². The molecule has 0 saturated heterocycles. The number of aryl methyl sites for hydroxylation is 1. The number of nitrogens with one attached hydrogen (secondary N) is 1. The molecule has 0 spiro atoms. The molecule has 4 nitrogen and oxygen atoms in total. The van der Waals surface area contributed by atoms with Gasteiger partial charge in [-0.1, -0.05) is 89.4 Å². The van der Waals surface area contributed by atoms with Crippen molar-refractivity contribution in [1.29, 1.82) is 0 Å². The summed E-state index contributed by atoms with van der Waals surface area (Å²) in [4.78, 5) is 29.0. The maximum Gasteiger partial charge on any atom is 0.243 e. The van der Waals surface area contributed by atoms with Gasteiger partial charge in [-0.2, -0.15) is 0 Å². The van der Waals surface area contributed by atoms with Gasteiger partial charge in [0.05, 0.1) is 5.75 Å². The van der Waals surface area contributed by atoms with E-state index in [1.54, 1.807) is 17.0 Å². The largest absolute Gasteiger partial charge is 0.350 e. The lowest BCUT2D eigenvalue weighted by Crippen LogP contribution is -2.54. The molecule has 1 atom stereocenters. The zero-order chi connectivity index (χ0) is 27.0. The molecule has 0 heterocycles. The van der Waals surface area contributed by atoms with Gasteiger partial charge in [0.1, 0.15) is 6.04 Å². The molecule has 0 bridgehead atoms. The normalized spacial score (nSPS) is 12.2. The Kier molecular flexibility index (Phi) is 10.5. The Labute approximate surface area is 234 Å². The molecule has 3 aromatic carbocycles. The number of hydrogen-bond acceptors (Lipinski definition) is 3. The Morgan fingerprint density at radius 2 is 1.62 bits per heavy atom.